The lowest BCUT2D eigenvalue weighted by atomic mass is 9.96. The number of hydrogen-bond acceptors (Lipinski definition) is 3. The molecule has 2 N–H and O–H groups in total. The van der Waals surface area contributed by atoms with Crippen LogP contribution in [0.3, 0.4) is 0 Å². The van der Waals surface area contributed by atoms with Gasteiger partial charge in [-0.25, -0.2) is 4.98 Å². The maximum absolute atomic E-state index is 11.1. The van der Waals surface area contributed by atoms with Gasteiger partial charge in [-0.2, -0.15) is 0 Å². The zero-order chi connectivity index (χ0) is 12.0. The van der Waals surface area contributed by atoms with Gasteiger partial charge in [-0.05, 0) is 26.3 Å². The zero-order valence-electron chi connectivity index (χ0n) is 9.81. The van der Waals surface area contributed by atoms with Gasteiger partial charge < -0.3 is 15.0 Å². The Morgan fingerprint density at radius 3 is 2.88 bits per heavy atom. The van der Waals surface area contributed by atoms with Crippen LogP contribution in [-0.2, 0) is 11.3 Å². The first-order valence-corrected chi connectivity index (χ1v) is 5.52. The van der Waals surface area contributed by atoms with E-state index in [0.717, 1.165) is 13.0 Å². The number of nitrogens with zero attached hydrogens (tertiary/aromatic N) is 2. The standard InChI is InChI=1S/C11H19N3O2/c1-3-13-11(2,10(15)16)5-4-7-14-8-6-12-9-14/h6,8-9,13H,3-5,7H2,1-2H3,(H,15,16). The Morgan fingerprint density at radius 2 is 2.38 bits per heavy atom. The summed E-state index contributed by atoms with van der Waals surface area (Å²) in [7, 11) is 0. The maximum atomic E-state index is 11.1. The normalized spacial score (nSPS) is 14.6. The molecule has 16 heavy (non-hydrogen) atoms. The van der Waals surface area contributed by atoms with Gasteiger partial charge in [0, 0.05) is 18.9 Å². The molecule has 0 bridgehead atoms. The van der Waals surface area contributed by atoms with Crippen molar-refractivity contribution in [2.75, 3.05) is 6.54 Å². The Bertz CT molecular complexity index is 324. The molecule has 0 aliphatic heterocycles. The van der Waals surface area contributed by atoms with Crippen LogP contribution in [0.1, 0.15) is 26.7 Å². The lowest BCUT2D eigenvalue weighted by molar-refractivity contribution is -0.144. The van der Waals surface area contributed by atoms with E-state index in [1.54, 1.807) is 19.4 Å². The van der Waals surface area contributed by atoms with Crippen molar-refractivity contribution in [3.8, 4) is 0 Å². The summed E-state index contributed by atoms with van der Waals surface area (Å²) < 4.78 is 1.95. The van der Waals surface area contributed by atoms with E-state index in [4.69, 9.17) is 5.11 Å². The summed E-state index contributed by atoms with van der Waals surface area (Å²) in [6.45, 7) is 5.10. The fourth-order valence-electron chi connectivity index (χ4n) is 1.70. The molecule has 0 aromatic carbocycles. The van der Waals surface area contributed by atoms with E-state index in [-0.39, 0.29) is 0 Å². The number of rotatable bonds is 7. The topological polar surface area (TPSA) is 67.2 Å². The molecule has 1 heterocycles. The van der Waals surface area contributed by atoms with E-state index >= 15 is 0 Å². The molecular formula is C11H19N3O2. The second-order valence-corrected chi connectivity index (χ2v) is 4.07. The molecule has 1 aromatic rings. The van der Waals surface area contributed by atoms with Crippen molar-refractivity contribution in [2.24, 2.45) is 0 Å². The molecule has 0 fully saturated rings. The number of imidazole rings is 1. The first-order valence-electron chi connectivity index (χ1n) is 5.52. The first kappa shape index (κ1) is 12.7. The molecule has 90 valence electrons. The highest BCUT2D eigenvalue weighted by molar-refractivity contribution is 5.78. The molecule has 0 radical (unpaired) electrons. The van der Waals surface area contributed by atoms with Gasteiger partial charge in [-0.3, -0.25) is 4.79 Å². The highest BCUT2D eigenvalue weighted by Gasteiger charge is 2.30. The number of nitrogens with one attached hydrogen (secondary N) is 1. The van der Waals surface area contributed by atoms with Crippen LogP contribution in [0.25, 0.3) is 0 Å². The monoisotopic (exact) mass is 225 g/mol. The summed E-state index contributed by atoms with van der Waals surface area (Å²) in [6.07, 6.45) is 6.76. The predicted molar refractivity (Wildman–Crippen MR) is 61.2 cm³/mol. The number of hydrogen-bond donors (Lipinski definition) is 2. The van der Waals surface area contributed by atoms with Crippen molar-refractivity contribution in [3.63, 3.8) is 0 Å². The number of aryl methyl sites for hydroxylation is 1. The number of aromatic nitrogens is 2. The third-order valence-corrected chi connectivity index (χ3v) is 2.69. The molecule has 0 aliphatic rings. The number of carboxylic acid groups (broad SMARTS) is 1. The van der Waals surface area contributed by atoms with E-state index < -0.39 is 11.5 Å². The largest absolute Gasteiger partial charge is 0.480 e. The summed E-state index contributed by atoms with van der Waals surface area (Å²) in [5.74, 6) is -0.792. The number of carboxylic acids is 1. The Hall–Kier alpha value is -1.36. The summed E-state index contributed by atoms with van der Waals surface area (Å²) in [4.78, 5) is 15.1. The lowest BCUT2D eigenvalue weighted by Gasteiger charge is -2.25. The van der Waals surface area contributed by atoms with Crippen LogP contribution >= 0.6 is 0 Å². The van der Waals surface area contributed by atoms with Crippen LogP contribution in [-0.4, -0.2) is 32.7 Å². The van der Waals surface area contributed by atoms with E-state index in [1.165, 1.54) is 0 Å². The van der Waals surface area contributed by atoms with Crippen LogP contribution in [0.2, 0.25) is 0 Å². The quantitative estimate of drug-likeness (QED) is 0.729. The molecular weight excluding hydrogens is 206 g/mol. The lowest BCUT2D eigenvalue weighted by Crippen LogP contribution is -2.49. The molecule has 5 nitrogen and oxygen atoms in total. The highest BCUT2D eigenvalue weighted by atomic mass is 16.4. The third kappa shape index (κ3) is 3.34. The van der Waals surface area contributed by atoms with E-state index in [2.05, 4.69) is 10.3 Å². The fraction of sp³-hybridized carbons (Fsp3) is 0.636. The third-order valence-electron chi connectivity index (χ3n) is 2.69. The average molecular weight is 225 g/mol. The molecule has 0 aliphatic carbocycles. The predicted octanol–water partition coefficient (Wildman–Crippen LogP) is 1.12. The van der Waals surface area contributed by atoms with Crippen LogP contribution in [0.4, 0.5) is 0 Å². The van der Waals surface area contributed by atoms with Crippen molar-refractivity contribution < 1.29 is 9.90 Å². The molecule has 5 heteroatoms. The van der Waals surface area contributed by atoms with Gasteiger partial charge in [0.2, 0.25) is 0 Å². The Balaban J connectivity index is 2.41. The molecule has 0 saturated carbocycles. The summed E-state index contributed by atoms with van der Waals surface area (Å²) in [5.41, 5.74) is -0.824. The minimum absolute atomic E-state index is 0.606. The van der Waals surface area contributed by atoms with Gasteiger partial charge in [-0.1, -0.05) is 6.92 Å². The summed E-state index contributed by atoms with van der Waals surface area (Å²) >= 11 is 0. The molecule has 0 saturated heterocycles. The highest BCUT2D eigenvalue weighted by Crippen LogP contribution is 2.13. The van der Waals surface area contributed by atoms with Gasteiger partial charge in [0.05, 0.1) is 6.33 Å². The Kier molecular flexibility index (Phi) is 4.49. The number of aliphatic carboxylic acids is 1. The molecule has 1 rings (SSSR count). The maximum Gasteiger partial charge on any atom is 0.323 e. The van der Waals surface area contributed by atoms with Gasteiger partial charge in [-0.15, -0.1) is 0 Å². The molecule has 1 atom stereocenters. The number of likely N-dealkylation sites (N-methyl/N-ethyl adjacent to an activating group) is 1. The summed E-state index contributed by atoms with van der Waals surface area (Å²) in [5, 5.41) is 12.2. The van der Waals surface area contributed by atoms with E-state index in [9.17, 15) is 4.79 Å². The van der Waals surface area contributed by atoms with Crippen molar-refractivity contribution in [2.45, 2.75) is 38.8 Å². The van der Waals surface area contributed by atoms with E-state index in [0.29, 0.717) is 13.0 Å². The first-order chi connectivity index (χ1) is 7.58. The molecule has 1 aromatic heterocycles. The smallest absolute Gasteiger partial charge is 0.323 e. The van der Waals surface area contributed by atoms with Crippen LogP contribution < -0.4 is 5.32 Å². The Labute approximate surface area is 95.5 Å². The van der Waals surface area contributed by atoms with Crippen LogP contribution in [0.5, 0.6) is 0 Å². The second kappa shape index (κ2) is 5.65. The number of carbonyl (C=O) groups is 1. The molecule has 0 amide bonds. The van der Waals surface area contributed by atoms with Gasteiger partial charge in [0.25, 0.3) is 0 Å². The SMILES string of the molecule is CCNC(C)(CCCn1ccnc1)C(=O)O. The van der Waals surface area contributed by atoms with Crippen LogP contribution in [0, 0.1) is 0 Å². The zero-order valence-corrected chi connectivity index (χ0v) is 9.81. The second-order valence-electron chi connectivity index (χ2n) is 4.07. The minimum Gasteiger partial charge on any atom is -0.480 e. The summed E-state index contributed by atoms with van der Waals surface area (Å²) in [6, 6.07) is 0. The van der Waals surface area contributed by atoms with Gasteiger partial charge in [0.15, 0.2) is 0 Å². The Morgan fingerprint density at radius 1 is 1.62 bits per heavy atom. The minimum atomic E-state index is -0.824. The van der Waals surface area contributed by atoms with Crippen molar-refractivity contribution >= 4 is 5.97 Å². The molecule has 0 spiro atoms. The average Bonchev–Trinajstić information content (AvgIpc) is 2.70. The van der Waals surface area contributed by atoms with Gasteiger partial charge in [0.1, 0.15) is 5.54 Å². The van der Waals surface area contributed by atoms with Crippen molar-refractivity contribution in [1.82, 2.24) is 14.9 Å². The van der Waals surface area contributed by atoms with E-state index in [1.807, 2.05) is 17.7 Å². The fourth-order valence-corrected chi connectivity index (χ4v) is 1.70. The van der Waals surface area contributed by atoms with Crippen molar-refractivity contribution in [3.05, 3.63) is 18.7 Å². The van der Waals surface area contributed by atoms with Crippen LogP contribution in [0.15, 0.2) is 18.7 Å². The van der Waals surface area contributed by atoms with Crippen molar-refractivity contribution in [1.29, 1.82) is 0 Å². The molecule has 1 unspecified atom stereocenters. The van der Waals surface area contributed by atoms with Gasteiger partial charge >= 0.3 is 5.97 Å².